The van der Waals surface area contributed by atoms with Crippen molar-refractivity contribution in [2.75, 3.05) is 6.54 Å². The van der Waals surface area contributed by atoms with E-state index in [2.05, 4.69) is 0 Å². The summed E-state index contributed by atoms with van der Waals surface area (Å²) in [5, 5.41) is 0. The van der Waals surface area contributed by atoms with Crippen molar-refractivity contribution in [2.24, 2.45) is 0 Å². The SMILES string of the molecule is [2H]C1(c2ccccc2)CN1S(=O)(=O)C(C)(C)C. The Morgan fingerprint density at radius 3 is 2.38 bits per heavy atom. The van der Waals surface area contributed by atoms with Crippen molar-refractivity contribution in [1.29, 1.82) is 0 Å². The molecular weight excluding hydrogens is 222 g/mol. The molecule has 1 aromatic carbocycles. The van der Waals surface area contributed by atoms with E-state index in [0.717, 1.165) is 5.56 Å². The van der Waals surface area contributed by atoms with Gasteiger partial charge in [-0.1, -0.05) is 30.3 Å². The third kappa shape index (κ3) is 1.87. The van der Waals surface area contributed by atoms with Crippen LogP contribution in [-0.2, 0) is 10.0 Å². The Balaban J connectivity index is 2.33. The van der Waals surface area contributed by atoms with E-state index in [1.807, 2.05) is 18.2 Å². The van der Waals surface area contributed by atoms with Gasteiger partial charge in [-0.2, -0.15) is 4.31 Å². The molecule has 0 spiro atoms. The molecule has 0 radical (unpaired) electrons. The average Bonchev–Trinajstić information content (AvgIpc) is 2.93. The van der Waals surface area contributed by atoms with Crippen LogP contribution in [0.3, 0.4) is 0 Å². The van der Waals surface area contributed by atoms with E-state index in [0.29, 0.717) is 0 Å². The molecule has 88 valence electrons. The van der Waals surface area contributed by atoms with Crippen LogP contribution >= 0.6 is 0 Å². The van der Waals surface area contributed by atoms with Crippen molar-refractivity contribution in [1.82, 2.24) is 4.31 Å². The molecule has 0 amide bonds. The number of hydrogen-bond donors (Lipinski definition) is 0. The molecule has 1 heterocycles. The number of nitrogens with zero attached hydrogens (tertiary/aromatic N) is 1. The van der Waals surface area contributed by atoms with Gasteiger partial charge in [-0.3, -0.25) is 0 Å². The first-order valence-corrected chi connectivity index (χ1v) is 6.71. The Bertz CT molecular complexity index is 521. The zero-order valence-corrected chi connectivity index (χ0v) is 10.6. The van der Waals surface area contributed by atoms with Gasteiger partial charge < -0.3 is 0 Å². The van der Waals surface area contributed by atoms with Crippen LogP contribution in [-0.4, -0.2) is 24.0 Å². The predicted octanol–water partition coefficient (Wildman–Crippen LogP) is 2.17. The first-order chi connectivity index (χ1) is 7.69. The van der Waals surface area contributed by atoms with E-state index in [-0.39, 0.29) is 6.54 Å². The maximum atomic E-state index is 12.2. The van der Waals surface area contributed by atoms with E-state index >= 15 is 0 Å². The second-order valence-corrected chi connectivity index (χ2v) is 7.55. The molecule has 2 atom stereocenters. The number of sulfonamides is 1. The summed E-state index contributed by atoms with van der Waals surface area (Å²) in [5.74, 6) is 0. The molecule has 0 saturated carbocycles. The van der Waals surface area contributed by atoms with Crippen LogP contribution in [0.25, 0.3) is 0 Å². The summed E-state index contributed by atoms with van der Waals surface area (Å²) in [6, 6.07) is 8.00. The van der Waals surface area contributed by atoms with Gasteiger partial charge in [-0.25, -0.2) is 8.42 Å². The Kier molecular flexibility index (Phi) is 2.30. The lowest BCUT2D eigenvalue weighted by atomic mass is 10.2. The molecule has 3 nitrogen and oxygen atoms in total. The average molecular weight is 240 g/mol. The minimum atomic E-state index is -3.41. The number of rotatable bonds is 2. The van der Waals surface area contributed by atoms with Gasteiger partial charge in [-0.15, -0.1) is 0 Å². The molecule has 0 bridgehead atoms. The molecule has 4 heteroatoms. The summed E-state index contributed by atoms with van der Waals surface area (Å²) in [7, 11) is -3.41. The lowest BCUT2D eigenvalue weighted by molar-refractivity contribution is 0.517. The van der Waals surface area contributed by atoms with Crippen molar-refractivity contribution in [3.05, 3.63) is 35.9 Å². The predicted molar refractivity (Wildman–Crippen MR) is 64.6 cm³/mol. The van der Waals surface area contributed by atoms with Crippen LogP contribution in [0.4, 0.5) is 0 Å². The van der Waals surface area contributed by atoms with E-state index in [9.17, 15) is 8.42 Å². The molecule has 1 saturated heterocycles. The third-order valence-corrected chi connectivity index (χ3v) is 5.14. The molecule has 1 fully saturated rings. The topological polar surface area (TPSA) is 37.1 Å². The van der Waals surface area contributed by atoms with E-state index in [1.165, 1.54) is 4.31 Å². The van der Waals surface area contributed by atoms with Gasteiger partial charge >= 0.3 is 0 Å². The molecule has 0 aromatic heterocycles. The highest BCUT2D eigenvalue weighted by molar-refractivity contribution is 7.90. The van der Waals surface area contributed by atoms with Crippen molar-refractivity contribution in [3.8, 4) is 0 Å². The molecule has 0 aliphatic carbocycles. The molecule has 1 aliphatic heterocycles. The summed E-state index contributed by atoms with van der Waals surface area (Å²) in [6.45, 7) is 5.22. The normalized spacial score (nSPS) is 30.9. The molecule has 1 aromatic rings. The van der Waals surface area contributed by atoms with Crippen LogP contribution in [0.15, 0.2) is 30.3 Å². The Hall–Kier alpha value is -0.870. The van der Waals surface area contributed by atoms with Gasteiger partial charge in [0.1, 0.15) is 0 Å². The molecule has 1 aliphatic rings. The van der Waals surface area contributed by atoms with Crippen LogP contribution in [0.5, 0.6) is 0 Å². The van der Waals surface area contributed by atoms with E-state index in [1.54, 1.807) is 32.9 Å². The van der Waals surface area contributed by atoms with Gasteiger partial charge in [0.2, 0.25) is 10.0 Å². The van der Waals surface area contributed by atoms with Gasteiger partial charge in [0.25, 0.3) is 0 Å². The first kappa shape index (κ1) is 10.3. The highest BCUT2D eigenvalue weighted by Gasteiger charge is 2.49. The van der Waals surface area contributed by atoms with Gasteiger partial charge in [-0.05, 0) is 26.3 Å². The van der Waals surface area contributed by atoms with E-state index < -0.39 is 20.8 Å². The molecule has 0 N–H and O–H groups in total. The van der Waals surface area contributed by atoms with Crippen molar-refractivity contribution in [3.63, 3.8) is 0 Å². The lowest BCUT2D eigenvalue weighted by Crippen LogP contribution is -2.33. The molecule has 2 unspecified atom stereocenters. The van der Waals surface area contributed by atoms with Gasteiger partial charge in [0.15, 0.2) is 0 Å². The summed E-state index contributed by atoms with van der Waals surface area (Å²) in [4.78, 5) is 0. The number of hydrogen-bond acceptors (Lipinski definition) is 2. The maximum Gasteiger partial charge on any atom is 0.219 e. The van der Waals surface area contributed by atoms with Crippen LogP contribution in [0.1, 0.15) is 33.7 Å². The minimum absolute atomic E-state index is 0.247. The lowest BCUT2D eigenvalue weighted by Gasteiger charge is -2.20. The first-order valence-electron chi connectivity index (χ1n) is 5.77. The highest BCUT2D eigenvalue weighted by atomic mass is 32.2. The zero-order chi connectivity index (χ0) is 12.9. The minimum Gasteiger partial charge on any atom is -0.212 e. The highest BCUT2D eigenvalue weighted by Crippen LogP contribution is 2.41. The summed E-state index contributed by atoms with van der Waals surface area (Å²) < 4.78 is 33.0. The smallest absolute Gasteiger partial charge is 0.212 e. The van der Waals surface area contributed by atoms with E-state index in [4.69, 9.17) is 1.37 Å². The second-order valence-electron chi connectivity index (χ2n) is 4.94. The molecule has 2 rings (SSSR count). The Morgan fingerprint density at radius 1 is 1.31 bits per heavy atom. The van der Waals surface area contributed by atoms with Gasteiger partial charge in [0.05, 0.1) is 12.1 Å². The second kappa shape index (κ2) is 3.57. The quantitative estimate of drug-likeness (QED) is 0.743. The Labute approximate surface area is 98.5 Å². The van der Waals surface area contributed by atoms with Crippen LogP contribution in [0.2, 0.25) is 0 Å². The van der Waals surface area contributed by atoms with Crippen molar-refractivity contribution < 1.29 is 9.79 Å². The fourth-order valence-electron chi connectivity index (χ4n) is 1.53. The summed E-state index contributed by atoms with van der Waals surface area (Å²) >= 11 is 0. The monoisotopic (exact) mass is 240 g/mol. The number of benzene rings is 1. The summed E-state index contributed by atoms with van der Waals surface area (Å²) in [5.41, 5.74) is 0.729. The standard InChI is InChI=1S/C12H17NO2S/c1-12(2,3)16(14,15)13-9-11(13)10-7-5-4-6-8-10/h4-8,11H,9H2,1-3H3/i11D. The fourth-order valence-corrected chi connectivity index (χ4v) is 2.88. The van der Waals surface area contributed by atoms with Gasteiger partial charge in [0, 0.05) is 6.54 Å². The van der Waals surface area contributed by atoms with Crippen molar-refractivity contribution >= 4 is 10.0 Å². The largest absolute Gasteiger partial charge is 0.219 e. The maximum absolute atomic E-state index is 12.2. The van der Waals surface area contributed by atoms with Crippen LogP contribution in [0, 0.1) is 0 Å². The van der Waals surface area contributed by atoms with Crippen molar-refractivity contribution in [2.45, 2.75) is 31.5 Å². The molecular formula is C12H17NO2S. The Morgan fingerprint density at radius 2 is 1.88 bits per heavy atom. The summed E-state index contributed by atoms with van der Waals surface area (Å²) in [6.07, 6.45) is 0. The third-order valence-electron chi connectivity index (χ3n) is 2.66. The van der Waals surface area contributed by atoms with Crippen LogP contribution < -0.4 is 0 Å². The zero-order valence-electron chi connectivity index (χ0n) is 10.8. The fraction of sp³-hybridized carbons (Fsp3) is 0.500. The molecule has 16 heavy (non-hydrogen) atoms.